The molecule has 1 fully saturated rings. The molecule has 0 radical (unpaired) electrons. The maximum Gasteiger partial charge on any atom is 0.313 e. The van der Waals surface area contributed by atoms with Crippen molar-refractivity contribution in [2.75, 3.05) is 0 Å². The third-order valence-corrected chi connectivity index (χ3v) is 3.89. The SMILES string of the molecule is C[C@H]1O[C@H](O[C@H]2CC[C@@H](OC(=O)C(C)(C)C)O[C@@H]2C)C=CC1=O. The second-order valence-electron chi connectivity index (χ2n) is 7.09. The first-order chi connectivity index (χ1) is 10.7. The van der Waals surface area contributed by atoms with E-state index in [1.807, 2.05) is 27.7 Å². The van der Waals surface area contributed by atoms with Crippen molar-refractivity contribution < 1.29 is 28.5 Å². The molecule has 0 bridgehead atoms. The number of esters is 1. The molecule has 2 heterocycles. The molecule has 0 aliphatic carbocycles. The molecule has 0 saturated carbocycles. The Labute approximate surface area is 137 Å². The summed E-state index contributed by atoms with van der Waals surface area (Å²) in [7, 11) is 0. The molecule has 0 N–H and O–H groups in total. The Bertz CT molecular complexity index is 478. The molecule has 0 spiro atoms. The summed E-state index contributed by atoms with van der Waals surface area (Å²) < 4.78 is 22.5. The van der Waals surface area contributed by atoms with Gasteiger partial charge in [-0.3, -0.25) is 9.59 Å². The van der Waals surface area contributed by atoms with Crippen molar-refractivity contribution in [3.05, 3.63) is 12.2 Å². The normalized spacial score (nSPS) is 35.2. The van der Waals surface area contributed by atoms with Gasteiger partial charge in [-0.05, 0) is 53.2 Å². The van der Waals surface area contributed by atoms with Crippen molar-refractivity contribution in [2.24, 2.45) is 5.41 Å². The van der Waals surface area contributed by atoms with Gasteiger partial charge in [0.25, 0.3) is 0 Å². The first kappa shape index (κ1) is 18.1. The van der Waals surface area contributed by atoms with Gasteiger partial charge in [0.15, 0.2) is 12.1 Å². The van der Waals surface area contributed by atoms with Crippen LogP contribution in [0.25, 0.3) is 0 Å². The van der Waals surface area contributed by atoms with Gasteiger partial charge in [0.05, 0.1) is 17.6 Å². The summed E-state index contributed by atoms with van der Waals surface area (Å²) in [5.74, 6) is -0.341. The number of hydrogen-bond acceptors (Lipinski definition) is 6. The third-order valence-electron chi connectivity index (χ3n) is 3.89. The van der Waals surface area contributed by atoms with E-state index in [4.69, 9.17) is 18.9 Å². The highest BCUT2D eigenvalue weighted by molar-refractivity contribution is 5.93. The van der Waals surface area contributed by atoms with Crippen LogP contribution in [0.15, 0.2) is 12.2 Å². The predicted molar refractivity (Wildman–Crippen MR) is 82.5 cm³/mol. The van der Waals surface area contributed by atoms with Crippen molar-refractivity contribution in [1.29, 1.82) is 0 Å². The summed E-state index contributed by atoms with van der Waals surface area (Å²) in [6, 6.07) is 0. The van der Waals surface area contributed by atoms with E-state index < -0.39 is 24.1 Å². The quantitative estimate of drug-likeness (QED) is 0.742. The fourth-order valence-corrected chi connectivity index (χ4v) is 2.36. The third kappa shape index (κ3) is 4.86. The lowest BCUT2D eigenvalue weighted by atomic mass is 9.97. The molecule has 2 rings (SSSR count). The van der Waals surface area contributed by atoms with Crippen LogP contribution in [-0.4, -0.2) is 42.6 Å². The van der Waals surface area contributed by atoms with Gasteiger partial charge in [0, 0.05) is 6.42 Å². The van der Waals surface area contributed by atoms with Crippen molar-refractivity contribution >= 4 is 11.8 Å². The van der Waals surface area contributed by atoms with Gasteiger partial charge >= 0.3 is 5.97 Å². The van der Waals surface area contributed by atoms with E-state index >= 15 is 0 Å². The lowest BCUT2D eigenvalue weighted by molar-refractivity contribution is -0.253. The van der Waals surface area contributed by atoms with Crippen LogP contribution in [0.2, 0.25) is 0 Å². The molecule has 0 amide bonds. The Morgan fingerprint density at radius 2 is 1.91 bits per heavy atom. The molecular formula is C17H26O6. The summed E-state index contributed by atoms with van der Waals surface area (Å²) in [5.41, 5.74) is -0.552. The number of carbonyl (C=O) groups excluding carboxylic acids is 2. The lowest BCUT2D eigenvalue weighted by Gasteiger charge is -2.36. The highest BCUT2D eigenvalue weighted by Gasteiger charge is 2.35. The highest BCUT2D eigenvalue weighted by Crippen LogP contribution is 2.27. The van der Waals surface area contributed by atoms with Crippen molar-refractivity contribution in [2.45, 2.75) is 78.4 Å². The Hall–Kier alpha value is -1.24. The van der Waals surface area contributed by atoms with Crippen LogP contribution in [0.4, 0.5) is 0 Å². The molecule has 1 saturated heterocycles. The van der Waals surface area contributed by atoms with Gasteiger partial charge in [-0.25, -0.2) is 0 Å². The largest absolute Gasteiger partial charge is 0.435 e. The molecule has 2 aliphatic rings. The molecule has 6 nitrogen and oxygen atoms in total. The van der Waals surface area contributed by atoms with E-state index in [1.165, 1.54) is 6.08 Å². The molecule has 0 unspecified atom stereocenters. The van der Waals surface area contributed by atoms with Crippen LogP contribution in [0.5, 0.6) is 0 Å². The number of rotatable bonds is 3. The van der Waals surface area contributed by atoms with Crippen LogP contribution >= 0.6 is 0 Å². The maximum atomic E-state index is 11.9. The van der Waals surface area contributed by atoms with E-state index in [0.717, 1.165) is 0 Å². The van der Waals surface area contributed by atoms with E-state index in [1.54, 1.807) is 13.0 Å². The second kappa shape index (κ2) is 7.11. The monoisotopic (exact) mass is 326 g/mol. The zero-order valence-electron chi connectivity index (χ0n) is 14.4. The summed E-state index contributed by atoms with van der Waals surface area (Å²) in [5, 5.41) is 0. The summed E-state index contributed by atoms with van der Waals surface area (Å²) in [6.07, 6.45) is 2.38. The van der Waals surface area contributed by atoms with Crippen molar-refractivity contribution in [3.63, 3.8) is 0 Å². The first-order valence-electron chi connectivity index (χ1n) is 8.06. The maximum absolute atomic E-state index is 11.9. The van der Waals surface area contributed by atoms with Gasteiger partial charge in [-0.1, -0.05) is 0 Å². The van der Waals surface area contributed by atoms with Gasteiger partial charge in [-0.2, -0.15) is 0 Å². The number of carbonyl (C=O) groups is 2. The summed E-state index contributed by atoms with van der Waals surface area (Å²) in [6.45, 7) is 9.00. The van der Waals surface area contributed by atoms with Crippen LogP contribution in [0, 0.1) is 5.41 Å². The molecule has 0 aromatic rings. The zero-order chi connectivity index (χ0) is 17.2. The van der Waals surface area contributed by atoms with Crippen LogP contribution in [0.3, 0.4) is 0 Å². The van der Waals surface area contributed by atoms with Gasteiger partial charge in [0.2, 0.25) is 6.29 Å². The average Bonchev–Trinajstić information content (AvgIpc) is 2.44. The first-order valence-corrected chi connectivity index (χ1v) is 8.06. The number of hydrogen-bond donors (Lipinski definition) is 0. The van der Waals surface area contributed by atoms with E-state index in [2.05, 4.69) is 0 Å². The summed E-state index contributed by atoms with van der Waals surface area (Å²) >= 11 is 0. The Kier molecular flexibility index (Phi) is 5.60. The molecule has 2 aliphatic heterocycles. The smallest absolute Gasteiger partial charge is 0.313 e. The second-order valence-corrected chi connectivity index (χ2v) is 7.09. The fraction of sp³-hybridized carbons (Fsp3) is 0.765. The fourth-order valence-electron chi connectivity index (χ4n) is 2.36. The molecule has 0 aromatic heterocycles. The van der Waals surface area contributed by atoms with Crippen molar-refractivity contribution in [1.82, 2.24) is 0 Å². The molecule has 6 heteroatoms. The van der Waals surface area contributed by atoms with Crippen LogP contribution in [-0.2, 0) is 28.5 Å². The molecule has 130 valence electrons. The van der Waals surface area contributed by atoms with Crippen LogP contribution < -0.4 is 0 Å². The lowest BCUT2D eigenvalue weighted by Crippen LogP contribution is -2.44. The Morgan fingerprint density at radius 3 is 2.48 bits per heavy atom. The molecular weight excluding hydrogens is 300 g/mol. The average molecular weight is 326 g/mol. The minimum absolute atomic E-state index is 0.0630. The minimum Gasteiger partial charge on any atom is -0.435 e. The Balaban J connectivity index is 1.84. The minimum atomic E-state index is -0.552. The van der Waals surface area contributed by atoms with Crippen molar-refractivity contribution in [3.8, 4) is 0 Å². The highest BCUT2D eigenvalue weighted by atomic mass is 16.7. The Morgan fingerprint density at radius 1 is 1.22 bits per heavy atom. The van der Waals surface area contributed by atoms with E-state index in [0.29, 0.717) is 12.8 Å². The van der Waals surface area contributed by atoms with E-state index in [9.17, 15) is 9.59 Å². The number of ketones is 1. The van der Waals surface area contributed by atoms with Gasteiger partial charge in [-0.15, -0.1) is 0 Å². The number of ether oxygens (including phenoxy) is 4. The topological polar surface area (TPSA) is 71.1 Å². The van der Waals surface area contributed by atoms with Gasteiger partial charge < -0.3 is 18.9 Å². The van der Waals surface area contributed by atoms with Gasteiger partial charge in [0.1, 0.15) is 6.10 Å². The summed E-state index contributed by atoms with van der Waals surface area (Å²) in [4.78, 5) is 23.3. The molecule has 5 atom stereocenters. The predicted octanol–water partition coefficient (Wildman–Crippen LogP) is 2.36. The van der Waals surface area contributed by atoms with E-state index in [-0.39, 0.29) is 24.0 Å². The standard InChI is InChI=1S/C17H26O6/c1-10-12(18)6-8-14(20-10)22-13-7-9-15(21-11(13)2)23-16(19)17(3,4)5/h6,8,10-11,13-15H,7,9H2,1-5H3/t10-,11-,13+,14-,15-/m1/s1. The van der Waals surface area contributed by atoms with Crippen LogP contribution in [0.1, 0.15) is 47.5 Å². The zero-order valence-corrected chi connectivity index (χ0v) is 14.4. The molecule has 23 heavy (non-hydrogen) atoms. The molecule has 0 aromatic carbocycles.